The van der Waals surface area contributed by atoms with Crippen LogP contribution < -0.4 is 5.32 Å². The third-order valence-electron chi connectivity index (χ3n) is 3.16. The summed E-state index contributed by atoms with van der Waals surface area (Å²) in [5.74, 6) is -0.359. The van der Waals surface area contributed by atoms with Crippen molar-refractivity contribution in [1.82, 2.24) is 5.32 Å². The van der Waals surface area contributed by atoms with Crippen LogP contribution in [-0.2, 0) is 14.3 Å². The van der Waals surface area contributed by atoms with Gasteiger partial charge in [0.05, 0.1) is 13.7 Å². The van der Waals surface area contributed by atoms with E-state index in [1.54, 1.807) is 0 Å². The molecule has 2 N–H and O–H groups in total. The highest BCUT2D eigenvalue weighted by atomic mass is 16.5. The van der Waals surface area contributed by atoms with Crippen LogP contribution in [0.1, 0.15) is 38.5 Å². The zero-order chi connectivity index (χ0) is 12.7. The fourth-order valence-corrected chi connectivity index (χ4v) is 2.16. The Morgan fingerprint density at radius 1 is 1.35 bits per heavy atom. The predicted molar refractivity (Wildman–Crippen MR) is 62.2 cm³/mol. The topological polar surface area (TPSA) is 75.6 Å². The Kier molecular flexibility index (Phi) is 5.97. The van der Waals surface area contributed by atoms with Crippen LogP contribution in [0.4, 0.5) is 0 Å². The van der Waals surface area contributed by atoms with E-state index in [0.717, 1.165) is 12.8 Å². The van der Waals surface area contributed by atoms with Crippen molar-refractivity contribution in [2.24, 2.45) is 5.92 Å². The first kappa shape index (κ1) is 14.0. The Bertz CT molecular complexity index is 261. The number of carbonyl (C=O) groups excluding carboxylic acids is 2. The number of methoxy groups -OCH3 is 1. The van der Waals surface area contributed by atoms with Crippen molar-refractivity contribution in [3.63, 3.8) is 0 Å². The largest absolute Gasteiger partial charge is 0.467 e. The number of rotatable bonds is 5. The van der Waals surface area contributed by atoms with Gasteiger partial charge in [-0.15, -0.1) is 0 Å². The summed E-state index contributed by atoms with van der Waals surface area (Å²) in [4.78, 5) is 22.4. The number of hydrogen-bond donors (Lipinski definition) is 2. The van der Waals surface area contributed by atoms with Crippen LogP contribution in [0.25, 0.3) is 0 Å². The number of hydrogen-bond acceptors (Lipinski definition) is 4. The molecule has 98 valence electrons. The quantitative estimate of drug-likeness (QED) is 0.694. The van der Waals surface area contributed by atoms with E-state index in [4.69, 9.17) is 0 Å². The van der Waals surface area contributed by atoms with E-state index in [1.165, 1.54) is 26.4 Å². The normalized spacial score (nSPS) is 18.5. The van der Waals surface area contributed by atoms with Crippen molar-refractivity contribution in [3.05, 3.63) is 0 Å². The van der Waals surface area contributed by atoms with Crippen LogP contribution in [0.3, 0.4) is 0 Å². The minimum Gasteiger partial charge on any atom is -0.467 e. The van der Waals surface area contributed by atoms with Crippen molar-refractivity contribution in [1.29, 1.82) is 0 Å². The molecule has 0 saturated heterocycles. The van der Waals surface area contributed by atoms with Crippen LogP contribution in [-0.4, -0.2) is 36.7 Å². The van der Waals surface area contributed by atoms with Crippen molar-refractivity contribution in [2.75, 3.05) is 13.7 Å². The molecule has 0 aliphatic heterocycles. The van der Waals surface area contributed by atoms with Crippen LogP contribution >= 0.6 is 0 Å². The Hall–Kier alpha value is -1.10. The van der Waals surface area contributed by atoms with Gasteiger partial charge in [-0.2, -0.15) is 0 Å². The summed E-state index contributed by atoms with van der Waals surface area (Å²) in [5.41, 5.74) is 0. The lowest BCUT2D eigenvalue weighted by Gasteiger charge is -2.21. The van der Waals surface area contributed by atoms with Crippen molar-refractivity contribution in [2.45, 2.75) is 44.6 Å². The van der Waals surface area contributed by atoms with Gasteiger partial charge in [-0.3, -0.25) is 4.79 Å². The third-order valence-corrected chi connectivity index (χ3v) is 3.16. The highest BCUT2D eigenvalue weighted by Crippen LogP contribution is 2.25. The minimum atomic E-state index is -1.27. The molecule has 0 heterocycles. The molecule has 0 bridgehead atoms. The minimum absolute atomic E-state index is 0.0712. The van der Waals surface area contributed by atoms with Gasteiger partial charge >= 0.3 is 5.97 Å². The smallest absolute Gasteiger partial charge is 0.336 e. The molecule has 1 aliphatic rings. The zero-order valence-corrected chi connectivity index (χ0v) is 10.3. The van der Waals surface area contributed by atoms with Crippen LogP contribution in [0.5, 0.6) is 0 Å². The van der Waals surface area contributed by atoms with Gasteiger partial charge in [0.1, 0.15) is 0 Å². The lowest BCUT2D eigenvalue weighted by molar-refractivity contribution is -0.150. The summed E-state index contributed by atoms with van der Waals surface area (Å²) < 4.78 is 4.35. The standard InChI is InChI=1S/C12H21NO4/c1-17-12(16)10(14)8-13-11(15)7-9-5-3-2-4-6-9/h9-10,14H,2-8H2,1H3,(H,13,15). The third kappa shape index (κ3) is 5.17. The fraction of sp³-hybridized carbons (Fsp3) is 0.833. The molecule has 0 radical (unpaired) electrons. The van der Waals surface area contributed by atoms with Crippen LogP contribution in [0, 0.1) is 5.92 Å². The molecule has 17 heavy (non-hydrogen) atoms. The summed E-state index contributed by atoms with van der Waals surface area (Å²) in [6, 6.07) is 0. The summed E-state index contributed by atoms with van der Waals surface area (Å²) in [7, 11) is 1.20. The molecule has 0 aromatic rings. The second-order valence-electron chi connectivity index (χ2n) is 4.55. The SMILES string of the molecule is COC(=O)C(O)CNC(=O)CC1CCCCC1. The molecule has 0 aromatic carbocycles. The maximum Gasteiger partial charge on any atom is 0.336 e. The summed E-state index contributed by atoms with van der Waals surface area (Å²) in [6.45, 7) is -0.0712. The van der Waals surface area contributed by atoms with Crippen molar-refractivity contribution in [3.8, 4) is 0 Å². The van der Waals surface area contributed by atoms with E-state index in [2.05, 4.69) is 10.1 Å². The average Bonchev–Trinajstić information content (AvgIpc) is 2.36. The fourth-order valence-electron chi connectivity index (χ4n) is 2.16. The zero-order valence-electron chi connectivity index (χ0n) is 10.3. The van der Waals surface area contributed by atoms with Crippen molar-refractivity contribution >= 4 is 11.9 Å². The van der Waals surface area contributed by atoms with Crippen LogP contribution in [0.2, 0.25) is 0 Å². The molecule has 0 aromatic heterocycles. The highest BCUT2D eigenvalue weighted by Gasteiger charge is 2.19. The second kappa shape index (κ2) is 7.27. The molecule has 1 amide bonds. The molecule has 1 rings (SSSR count). The molecule has 0 spiro atoms. The van der Waals surface area contributed by atoms with E-state index in [-0.39, 0.29) is 12.5 Å². The highest BCUT2D eigenvalue weighted by molar-refractivity contribution is 5.78. The molecule has 5 nitrogen and oxygen atoms in total. The van der Waals surface area contributed by atoms with Gasteiger partial charge in [0.25, 0.3) is 0 Å². The summed E-state index contributed by atoms with van der Waals surface area (Å²) >= 11 is 0. The lowest BCUT2D eigenvalue weighted by Crippen LogP contribution is -2.37. The van der Waals surface area contributed by atoms with E-state index in [9.17, 15) is 14.7 Å². The Labute approximate surface area is 102 Å². The number of esters is 1. The number of carbonyl (C=O) groups is 2. The summed E-state index contributed by atoms with van der Waals surface area (Å²) in [6.07, 6.45) is 5.09. The monoisotopic (exact) mass is 243 g/mol. The van der Waals surface area contributed by atoms with Gasteiger partial charge in [0.2, 0.25) is 5.91 Å². The molecule has 1 fully saturated rings. The van der Waals surface area contributed by atoms with Gasteiger partial charge in [-0.05, 0) is 18.8 Å². The number of aliphatic hydroxyl groups excluding tert-OH is 1. The molecule has 5 heteroatoms. The lowest BCUT2D eigenvalue weighted by atomic mass is 9.87. The molecule has 1 aliphatic carbocycles. The number of aliphatic hydroxyl groups is 1. The molecular weight excluding hydrogens is 222 g/mol. The number of amides is 1. The molecule has 1 saturated carbocycles. The molecular formula is C12H21NO4. The van der Waals surface area contributed by atoms with E-state index in [1.807, 2.05) is 0 Å². The first-order valence-corrected chi connectivity index (χ1v) is 6.16. The molecule has 1 unspecified atom stereocenters. The maximum atomic E-state index is 11.6. The van der Waals surface area contributed by atoms with E-state index >= 15 is 0 Å². The Balaban J connectivity index is 2.18. The van der Waals surface area contributed by atoms with Gasteiger partial charge in [-0.25, -0.2) is 4.79 Å². The first-order valence-electron chi connectivity index (χ1n) is 6.16. The van der Waals surface area contributed by atoms with Gasteiger partial charge in [-0.1, -0.05) is 19.3 Å². The Morgan fingerprint density at radius 2 is 2.00 bits per heavy atom. The average molecular weight is 243 g/mol. The van der Waals surface area contributed by atoms with Crippen LogP contribution in [0.15, 0.2) is 0 Å². The number of nitrogens with one attached hydrogen (secondary N) is 1. The first-order chi connectivity index (χ1) is 8.13. The van der Waals surface area contributed by atoms with E-state index < -0.39 is 12.1 Å². The maximum absolute atomic E-state index is 11.6. The van der Waals surface area contributed by atoms with Crippen molar-refractivity contribution < 1.29 is 19.4 Å². The number of ether oxygens (including phenoxy) is 1. The van der Waals surface area contributed by atoms with Gasteiger partial charge in [0.15, 0.2) is 6.10 Å². The Morgan fingerprint density at radius 3 is 2.59 bits per heavy atom. The second-order valence-corrected chi connectivity index (χ2v) is 4.55. The predicted octanol–water partition coefficient (Wildman–Crippen LogP) is 0.607. The summed E-state index contributed by atoms with van der Waals surface area (Å²) in [5, 5.41) is 11.8. The molecule has 1 atom stereocenters. The van der Waals surface area contributed by atoms with Gasteiger partial charge in [0, 0.05) is 6.42 Å². The van der Waals surface area contributed by atoms with Gasteiger partial charge < -0.3 is 15.2 Å². The van der Waals surface area contributed by atoms with E-state index in [0.29, 0.717) is 12.3 Å².